The lowest BCUT2D eigenvalue weighted by molar-refractivity contribution is 0.266. The van der Waals surface area contributed by atoms with Crippen molar-refractivity contribution in [3.8, 4) is 0 Å². The van der Waals surface area contributed by atoms with Crippen LogP contribution in [-0.2, 0) is 6.54 Å². The summed E-state index contributed by atoms with van der Waals surface area (Å²) in [6, 6.07) is 0. The number of halogens is 1. The minimum absolute atomic E-state index is 0.0891. The summed E-state index contributed by atoms with van der Waals surface area (Å²) in [7, 11) is 0. The second-order valence-corrected chi connectivity index (χ2v) is 5.80. The zero-order valence-electron chi connectivity index (χ0n) is 10.9. The fraction of sp³-hybridized carbons (Fsp3) is 0.692. The molecule has 0 atom stereocenters. The Kier molecular flexibility index (Phi) is 5.39. The molecule has 0 bridgehead atoms. The van der Waals surface area contributed by atoms with Gasteiger partial charge in [-0.15, -0.1) is 0 Å². The number of nitrogens with one attached hydrogen (secondary N) is 1. The van der Waals surface area contributed by atoms with E-state index in [1.165, 1.54) is 36.8 Å². The van der Waals surface area contributed by atoms with E-state index in [-0.39, 0.29) is 18.7 Å². The maximum atomic E-state index is 11.9. The molecule has 1 heterocycles. The average Bonchev–Trinajstić information content (AvgIpc) is 2.44. The van der Waals surface area contributed by atoms with Crippen molar-refractivity contribution in [2.75, 3.05) is 18.5 Å². The van der Waals surface area contributed by atoms with Gasteiger partial charge in [0.05, 0.1) is 25.0 Å². The number of rotatable bonds is 5. The first-order valence-electron chi connectivity index (χ1n) is 6.82. The number of hydrogen-bond acceptors (Lipinski definition) is 4. The minimum Gasteiger partial charge on any atom is -0.394 e. The number of hydrogen-bond donors (Lipinski definition) is 2. The van der Waals surface area contributed by atoms with Gasteiger partial charge >= 0.3 is 0 Å². The third kappa shape index (κ3) is 3.79. The van der Waals surface area contributed by atoms with Gasteiger partial charge in [-0.1, -0.05) is 19.3 Å². The van der Waals surface area contributed by atoms with E-state index < -0.39 is 0 Å². The molecule has 1 aromatic heterocycles. The van der Waals surface area contributed by atoms with Crippen molar-refractivity contribution >= 4 is 21.6 Å². The van der Waals surface area contributed by atoms with Crippen molar-refractivity contribution in [3.05, 3.63) is 21.0 Å². The van der Waals surface area contributed by atoms with Crippen molar-refractivity contribution in [1.29, 1.82) is 0 Å². The largest absolute Gasteiger partial charge is 0.394 e. The SMILES string of the molecule is O=c1c(Br)c(NCC2CCCCC2)cnn1CCO. The van der Waals surface area contributed by atoms with Crippen LogP contribution in [0, 0.1) is 5.92 Å². The van der Waals surface area contributed by atoms with Gasteiger partial charge in [-0.2, -0.15) is 5.10 Å². The lowest BCUT2D eigenvalue weighted by Gasteiger charge is -2.22. The van der Waals surface area contributed by atoms with Gasteiger partial charge in [0.15, 0.2) is 0 Å². The van der Waals surface area contributed by atoms with Crippen LogP contribution in [0.25, 0.3) is 0 Å². The summed E-state index contributed by atoms with van der Waals surface area (Å²) in [5, 5.41) is 16.2. The van der Waals surface area contributed by atoms with Gasteiger partial charge in [-0.25, -0.2) is 4.68 Å². The van der Waals surface area contributed by atoms with Crippen LogP contribution in [0.4, 0.5) is 5.69 Å². The molecule has 0 radical (unpaired) electrons. The first kappa shape index (κ1) is 14.5. The van der Waals surface area contributed by atoms with Crippen LogP contribution in [-0.4, -0.2) is 28.0 Å². The Hall–Kier alpha value is -0.880. The van der Waals surface area contributed by atoms with Crippen LogP contribution < -0.4 is 10.9 Å². The molecule has 0 saturated heterocycles. The van der Waals surface area contributed by atoms with E-state index in [0.717, 1.165) is 12.2 Å². The second kappa shape index (κ2) is 7.05. The zero-order chi connectivity index (χ0) is 13.7. The first-order valence-corrected chi connectivity index (χ1v) is 7.62. The minimum atomic E-state index is -0.206. The molecule has 0 unspecified atom stereocenters. The van der Waals surface area contributed by atoms with Crippen LogP contribution >= 0.6 is 15.9 Å². The van der Waals surface area contributed by atoms with Crippen molar-refractivity contribution in [3.63, 3.8) is 0 Å². The predicted molar refractivity (Wildman–Crippen MR) is 78.3 cm³/mol. The smallest absolute Gasteiger partial charge is 0.283 e. The average molecular weight is 330 g/mol. The summed E-state index contributed by atoms with van der Waals surface area (Å²) in [5.41, 5.74) is 0.535. The molecule has 0 spiro atoms. The molecule has 1 aliphatic rings. The van der Waals surface area contributed by atoms with Crippen LogP contribution in [0.5, 0.6) is 0 Å². The van der Waals surface area contributed by atoms with Gasteiger partial charge < -0.3 is 10.4 Å². The Morgan fingerprint density at radius 1 is 1.42 bits per heavy atom. The van der Waals surface area contributed by atoms with E-state index in [1.54, 1.807) is 6.20 Å². The van der Waals surface area contributed by atoms with Gasteiger partial charge in [-0.3, -0.25) is 4.79 Å². The maximum Gasteiger partial charge on any atom is 0.283 e. The summed E-state index contributed by atoms with van der Waals surface area (Å²) in [4.78, 5) is 11.9. The van der Waals surface area contributed by atoms with Crippen LogP contribution in [0.2, 0.25) is 0 Å². The quantitative estimate of drug-likeness (QED) is 0.866. The van der Waals surface area contributed by atoms with E-state index in [4.69, 9.17) is 5.11 Å². The molecule has 1 aliphatic carbocycles. The first-order chi connectivity index (χ1) is 9.22. The summed E-state index contributed by atoms with van der Waals surface area (Å²) in [6.45, 7) is 1.03. The van der Waals surface area contributed by atoms with Gasteiger partial charge in [0.25, 0.3) is 5.56 Å². The highest BCUT2D eigenvalue weighted by Gasteiger charge is 2.14. The molecular weight excluding hydrogens is 310 g/mol. The highest BCUT2D eigenvalue weighted by atomic mass is 79.9. The van der Waals surface area contributed by atoms with E-state index in [9.17, 15) is 4.79 Å². The molecule has 6 heteroatoms. The van der Waals surface area contributed by atoms with E-state index in [1.807, 2.05) is 0 Å². The molecular formula is C13H20BrN3O2. The second-order valence-electron chi connectivity index (χ2n) is 5.01. The topological polar surface area (TPSA) is 67.2 Å². The Balaban J connectivity index is 2.00. The Labute approximate surface area is 121 Å². The van der Waals surface area contributed by atoms with Crippen LogP contribution in [0.1, 0.15) is 32.1 Å². The van der Waals surface area contributed by atoms with Crippen molar-refractivity contribution in [1.82, 2.24) is 9.78 Å². The third-order valence-electron chi connectivity index (χ3n) is 3.60. The summed E-state index contributed by atoms with van der Waals surface area (Å²) < 4.78 is 1.75. The van der Waals surface area contributed by atoms with Crippen molar-refractivity contribution in [2.45, 2.75) is 38.6 Å². The van der Waals surface area contributed by atoms with E-state index in [2.05, 4.69) is 26.3 Å². The highest BCUT2D eigenvalue weighted by Crippen LogP contribution is 2.24. The molecule has 1 aromatic rings. The third-order valence-corrected chi connectivity index (χ3v) is 4.37. The van der Waals surface area contributed by atoms with E-state index >= 15 is 0 Å². The molecule has 0 aromatic carbocycles. The normalized spacial score (nSPS) is 16.5. The fourth-order valence-electron chi connectivity index (χ4n) is 2.49. The molecule has 1 fully saturated rings. The van der Waals surface area contributed by atoms with E-state index in [0.29, 0.717) is 10.4 Å². The Morgan fingerprint density at radius 3 is 2.84 bits per heavy atom. The molecule has 19 heavy (non-hydrogen) atoms. The Bertz CT molecular complexity index is 469. The van der Waals surface area contributed by atoms with Gasteiger partial charge in [-0.05, 0) is 34.7 Å². The van der Waals surface area contributed by atoms with Gasteiger partial charge in [0.2, 0.25) is 0 Å². The monoisotopic (exact) mass is 329 g/mol. The number of nitrogens with zero attached hydrogens (tertiary/aromatic N) is 2. The molecule has 106 valence electrons. The highest BCUT2D eigenvalue weighted by molar-refractivity contribution is 9.10. The lowest BCUT2D eigenvalue weighted by atomic mass is 9.89. The molecule has 2 N–H and O–H groups in total. The predicted octanol–water partition coefficient (Wildman–Crippen LogP) is 1.99. The van der Waals surface area contributed by atoms with Crippen LogP contribution in [0.3, 0.4) is 0 Å². The summed E-state index contributed by atoms with van der Waals surface area (Å²) in [6.07, 6.45) is 8.13. The van der Waals surface area contributed by atoms with Crippen LogP contribution in [0.15, 0.2) is 15.5 Å². The standard InChI is InChI=1S/C13H20BrN3O2/c14-12-11(9-16-17(6-7-18)13(12)19)15-8-10-4-2-1-3-5-10/h9-10,15,18H,1-8H2. The number of aliphatic hydroxyl groups excluding tert-OH is 1. The zero-order valence-corrected chi connectivity index (χ0v) is 12.5. The molecule has 0 amide bonds. The summed E-state index contributed by atoms with van der Waals surface area (Å²) >= 11 is 3.31. The molecule has 2 rings (SSSR count). The maximum absolute atomic E-state index is 11.9. The molecule has 0 aliphatic heterocycles. The number of aliphatic hydroxyl groups is 1. The number of anilines is 1. The van der Waals surface area contributed by atoms with Crippen molar-refractivity contribution < 1.29 is 5.11 Å². The molecule has 5 nitrogen and oxygen atoms in total. The fourth-order valence-corrected chi connectivity index (χ4v) is 2.94. The lowest BCUT2D eigenvalue weighted by Crippen LogP contribution is -2.26. The van der Waals surface area contributed by atoms with Crippen molar-refractivity contribution in [2.24, 2.45) is 5.92 Å². The summed E-state index contributed by atoms with van der Waals surface area (Å²) in [5.74, 6) is 0.695. The number of aromatic nitrogens is 2. The Morgan fingerprint density at radius 2 is 2.16 bits per heavy atom. The van der Waals surface area contributed by atoms with Gasteiger partial charge in [0.1, 0.15) is 4.47 Å². The van der Waals surface area contributed by atoms with Gasteiger partial charge in [0, 0.05) is 6.54 Å². The molecule has 1 saturated carbocycles.